The Kier molecular flexibility index (Phi) is 5.71. The van der Waals surface area contributed by atoms with Crippen molar-refractivity contribution in [1.29, 1.82) is 0 Å². The number of carboxylic acid groups (broad SMARTS) is 1. The topological polar surface area (TPSA) is 58.6 Å². The molecule has 2 aromatic carbocycles. The van der Waals surface area contributed by atoms with Gasteiger partial charge in [0.15, 0.2) is 0 Å². The number of carboxylic acids is 1. The van der Waals surface area contributed by atoms with Crippen LogP contribution in [0, 0.1) is 12.8 Å². The minimum Gasteiger partial charge on any atom is -0.481 e. The van der Waals surface area contributed by atoms with Crippen molar-refractivity contribution in [2.45, 2.75) is 45.2 Å². The van der Waals surface area contributed by atoms with Gasteiger partial charge in [0.2, 0.25) is 0 Å². The number of aryl methyl sites for hydroxylation is 1. The molecule has 0 atom stereocenters. The van der Waals surface area contributed by atoms with Gasteiger partial charge >= 0.3 is 5.97 Å². The van der Waals surface area contributed by atoms with Crippen molar-refractivity contribution >= 4 is 5.97 Å². The highest BCUT2D eigenvalue weighted by molar-refractivity contribution is 5.70. The van der Waals surface area contributed by atoms with Gasteiger partial charge in [-0.15, -0.1) is 0 Å². The molecule has 0 heterocycles. The predicted molar refractivity (Wildman–Crippen MR) is 97.9 cm³/mol. The molecular formula is C21H25NO3. The van der Waals surface area contributed by atoms with Gasteiger partial charge in [-0.2, -0.15) is 0 Å². The normalized spacial score (nSPS) is 20.2. The average Bonchev–Trinajstić information content (AvgIpc) is 2.63. The van der Waals surface area contributed by atoms with E-state index in [1.807, 2.05) is 49.4 Å². The third-order valence-corrected chi connectivity index (χ3v) is 4.94. The van der Waals surface area contributed by atoms with E-state index < -0.39 is 5.97 Å². The van der Waals surface area contributed by atoms with Gasteiger partial charge in [-0.3, -0.25) is 4.79 Å². The van der Waals surface area contributed by atoms with E-state index in [0.717, 1.165) is 54.9 Å². The summed E-state index contributed by atoms with van der Waals surface area (Å²) in [6, 6.07) is 16.4. The summed E-state index contributed by atoms with van der Waals surface area (Å²) in [5.41, 5.74) is 2.23. The molecule has 2 aromatic rings. The number of aliphatic carboxylic acids is 1. The van der Waals surface area contributed by atoms with Gasteiger partial charge in [-0.25, -0.2) is 0 Å². The highest BCUT2D eigenvalue weighted by atomic mass is 16.5. The quantitative estimate of drug-likeness (QED) is 0.812. The summed E-state index contributed by atoms with van der Waals surface area (Å²) in [6.07, 6.45) is 3.35. The summed E-state index contributed by atoms with van der Waals surface area (Å²) in [5, 5.41) is 12.7. The van der Waals surface area contributed by atoms with Crippen LogP contribution in [0.1, 0.15) is 36.8 Å². The largest absolute Gasteiger partial charge is 0.481 e. The highest BCUT2D eigenvalue weighted by Gasteiger charge is 2.25. The second kappa shape index (κ2) is 8.17. The minimum atomic E-state index is -0.657. The maximum atomic E-state index is 11.0. The third kappa shape index (κ3) is 4.60. The first-order valence-electron chi connectivity index (χ1n) is 8.91. The Hall–Kier alpha value is -2.33. The monoisotopic (exact) mass is 339 g/mol. The maximum Gasteiger partial charge on any atom is 0.306 e. The summed E-state index contributed by atoms with van der Waals surface area (Å²) < 4.78 is 6.11. The molecule has 4 nitrogen and oxygen atoms in total. The molecule has 1 fully saturated rings. The van der Waals surface area contributed by atoms with Crippen molar-refractivity contribution in [2.24, 2.45) is 5.92 Å². The number of rotatable bonds is 6. The second-order valence-electron chi connectivity index (χ2n) is 6.74. The molecule has 0 spiro atoms. The maximum absolute atomic E-state index is 11.0. The molecule has 0 amide bonds. The number of carbonyl (C=O) groups is 1. The van der Waals surface area contributed by atoms with E-state index in [0.29, 0.717) is 6.04 Å². The van der Waals surface area contributed by atoms with E-state index >= 15 is 0 Å². The fourth-order valence-electron chi connectivity index (χ4n) is 3.34. The Balaban J connectivity index is 1.60. The highest BCUT2D eigenvalue weighted by Crippen LogP contribution is 2.29. The van der Waals surface area contributed by atoms with Crippen LogP contribution in [0.15, 0.2) is 48.5 Å². The van der Waals surface area contributed by atoms with Crippen molar-refractivity contribution in [2.75, 3.05) is 0 Å². The molecule has 132 valence electrons. The summed E-state index contributed by atoms with van der Waals surface area (Å²) >= 11 is 0. The first-order valence-corrected chi connectivity index (χ1v) is 8.91. The SMILES string of the molecule is Cc1ccccc1Oc1ccccc1CNC1CCC(C(=O)O)CC1. The van der Waals surface area contributed by atoms with Gasteiger partial charge in [-0.1, -0.05) is 36.4 Å². The Morgan fingerprint density at radius 1 is 1.04 bits per heavy atom. The number of nitrogens with one attached hydrogen (secondary N) is 1. The van der Waals surface area contributed by atoms with Crippen molar-refractivity contribution in [3.05, 3.63) is 59.7 Å². The molecule has 4 heteroatoms. The van der Waals surface area contributed by atoms with E-state index in [2.05, 4.69) is 11.4 Å². The van der Waals surface area contributed by atoms with Crippen LogP contribution in [0.2, 0.25) is 0 Å². The van der Waals surface area contributed by atoms with Crippen LogP contribution in [0.5, 0.6) is 11.5 Å². The smallest absolute Gasteiger partial charge is 0.306 e. The number of para-hydroxylation sites is 2. The molecule has 1 saturated carbocycles. The van der Waals surface area contributed by atoms with Crippen LogP contribution >= 0.6 is 0 Å². The Morgan fingerprint density at radius 2 is 1.68 bits per heavy atom. The van der Waals surface area contributed by atoms with Crippen molar-refractivity contribution in [3.8, 4) is 11.5 Å². The summed E-state index contributed by atoms with van der Waals surface area (Å²) in [4.78, 5) is 11.0. The molecular weight excluding hydrogens is 314 g/mol. The van der Waals surface area contributed by atoms with Gasteiger partial charge in [0.1, 0.15) is 11.5 Å². The second-order valence-corrected chi connectivity index (χ2v) is 6.74. The van der Waals surface area contributed by atoms with Gasteiger partial charge < -0.3 is 15.2 Å². The number of ether oxygens (including phenoxy) is 1. The van der Waals surface area contributed by atoms with Gasteiger partial charge in [0, 0.05) is 18.2 Å². The summed E-state index contributed by atoms with van der Waals surface area (Å²) in [5.74, 6) is 0.908. The molecule has 0 aliphatic heterocycles. The zero-order valence-electron chi connectivity index (χ0n) is 14.6. The average molecular weight is 339 g/mol. The van der Waals surface area contributed by atoms with Crippen LogP contribution in [0.25, 0.3) is 0 Å². The number of benzene rings is 2. The number of hydrogen-bond donors (Lipinski definition) is 2. The number of hydrogen-bond acceptors (Lipinski definition) is 3. The Morgan fingerprint density at radius 3 is 2.36 bits per heavy atom. The molecule has 1 aliphatic rings. The van der Waals surface area contributed by atoms with Crippen LogP contribution < -0.4 is 10.1 Å². The molecule has 0 bridgehead atoms. The lowest BCUT2D eigenvalue weighted by molar-refractivity contribution is -0.142. The van der Waals surface area contributed by atoms with Crippen molar-refractivity contribution < 1.29 is 14.6 Å². The van der Waals surface area contributed by atoms with E-state index in [4.69, 9.17) is 9.84 Å². The molecule has 2 N–H and O–H groups in total. The lowest BCUT2D eigenvalue weighted by Crippen LogP contribution is -2.34. The van der Waals surface area contributed by atoms with Crippen LogP contribution in [0.4, 0.5) is 0 Å². The zero-order chi connectivity index (χ0) is 17.6. The van der Waals surface area contributed by atoms with Gasteiger partial charge in [0.25, 0.3) is 0 Å². The fourth-order valence-corrected chi connectivity index (χ4v) is 3.34. The van der Waals surface area contributed by atoms with Crippen molar-refractivity contribution in [1.82, 2.24) is 5.32 Å². The molecule has 25 heavy (non-hydrogen) atoms. The van der Waals surface area contributed by atoms with Gasteiger partial charge in [0.05, 0.1) is 5.92 Å². The van der Waals surface area contributed by atoms with Gasteiger partial charge in [-0.05, 0) is 50.3 Å². The van der Waals surface area contributed by atoms with E-state index in [-0.39, 0.29) is 5.92 Å². The predicted octanol–water partition coefficient (Wildman–Crippen LogP) is 4.52. The van der Waals surface area contributed by atoms with Crippen LogP contribution in [-0.4, -0.2) is 17.1 Å². The van der Waals surface area contributed by atoms with E-state index in [1.165, 1.54) is 0 Å². The molecule has 0 saturated heterocycles. The first kappa shape index (κ1) is 17.5. The standard InChI is InChI=1S/C21H25NO3/c1-15-6-2-4-8-19(15)25-20-9-5-3-7-17(20)14-22-18-12-10-16(11-13-18)21(23)24/h2-9,16,18,22H,10-14H2,1H3,(H,23,24). The molecule has 1 aliphatic carbocycles. The fraction of sp³-hybridized carbons (Fsp3) is 0.381. The van der Waals surface area contributed by atoms with Crippen LogP contribution in [0.3, 0.4) is 0 Å². The van der Waals surface area contributed by atoms with E-state index in [1.54, 1.807) is 0 Å². The zero-order valence-corrected chi connectivity index (χ0v) is 14.6. The lowest BCUT2D eigenvalue weighted by Gasteiger charge is -2.27. The molecule has 0 aromatic heterocycles. The molecule has 0 unspecified atom stereocenters. The molecule has 3 rings (SSSR count). The van der Waals surface area contributed by atoms with Crippen LogP contribution in [-0.2, 0) is 11.3 Å². The van der Waals surface area contributed by atoms with Crippen molar-refractivity contribution in [3.63, 3.8) is 0 Å². The van der Waals surface area contributed by atoms with E-state index in [9.17, 15) is 4.79 Å². The minimum absolute atomic E-state index is 0.172. The summed E-state index contributed by atoms with van der Waals surface area (Å²) in [6.45, 7) is 2.77. The Labute approximate surface area is 148 Å². The third-order valence-electron chi connectivity index (χ3n) is 4.94. The molecule has 0 radical (unpaired) electrons. The Bertz CT molecular complexity index is 721. The summed E-state index contributed by atoms with van der Waals surface area (Å²) in [7, 11) is 0. The first-order chi connectivity index (χ1) is 12.1. The lowest BCUT2D eigenvalue weighted by atomic mass is 9.86.